The van der Waals surface area contributed by atoms with Gasteiger partial charge in [0, 0.05) is 65.4 Å². The summed E-state index contributed by atoms with van der Waals surface area (Å²) in [4.78, 5) is 0. The predicted molar refractivity (Wildman–Crippen MR) is 42.9 cm³/mol. The van der Waals surface area contributed by atoms with Gasteiger partial charge in [-0.3, -0.25) is 11.1 Å². The molecule has 0 aliphatic heterocycles. The number of rotatable bonds is 0. The Kier molecular flexibility index (Phi) is 36.9. The first-order valence-corrected chi connectivity index (χ1v) is 3.04. The van der Waals surface area contributed by atoms with Gasteiger partial charge in [-0.1, -0.05) is 27.7 Å². The average Bonchev–Trinajstić information content (AvgIpc) is 1.65. The van der Waals surface area contributed by atoms with E-state index in [1.165, 1.54) is 5.57 Å². The maximum atomic E-state index is 5.03. The molecule has 0 saturated carbocycles. The summed E-state index contributed by atoms with van der Waals surface area (Å²) in [5, 5.41) is 0. The molecule has 2 radical (unpaired) electrons. The van der Waals surface area contributed by atoms with Crippen molar-refractivity contribution in [3.8, 4) is 0 Å². The number of allylic oxidation sites excluding steroid dienone is 3. The third-order valence-electron chi connectivity index (χ3n) is 0.500. The van der Waals surface area contributed by atoms with E-state index >= 15 is 0 Å². The first-order valence-electron chi connectivity index (χ1n) is 3.04. The largest absolute Gasteiger partial charge is 0.515 e. The van der Waals surface area contributed by atoms with Crippen LogP contribution < -0.4 is 0 Å². The molecule has 0 unspecified atom stereocenters. The molecule has 0 spiro atoms. The second-order valence-corrected chi connectivity index (χ2v) is 2.33. The van der Waals surface area contributed by atoms with Gasteiger partial charge in [0.15, 0.2) is 0 Å². The van der Waals surface area contributed by atoms with Gasteiger partial charge in [-0.05, 0) is 0 Å². The monoisotopic (exact) mass is 302 g/mol. The molecule has 0 aromatic carbocycles. The topological polar surface area (TPSA) is 0 Å². The third-order valence-corrected chi connectivity index (χ3v) is 0.500. The zero-order valence-electron chi connectivity index (χ0n) is 8.23. The van der Waals surface area contributed by atoms with E-state index in [1.54, 1.807) is 0 Å². The predicted octanol–water partition coefficient (Wildman–Crippen LogP) is 3.16. The fourth-order valence-electron chi connectivity index (χ4n) is 0. The summed E-state index contributed by atoms with van der Waals surface area (Å²) in [6.07, 6.45) is 2.94. The van der Waals surface area contributed by atoms with E-state index in [4.69, 9.17) is 6.58 Å². The van der Waals surface area contributed by atoms with Crippen LogP contribution in [0, 0.1) is 12.7 Å². The number of hydrogen-bond donors (Lipinski definition) is 0. The van der Waals surface area contributed by atoms with E-state index in [2.05, 4.69) is 6.08 Å². The molecule has 0 saturated heterocycles. The molecule has 0 nitrogen and oxygen atoms in total. The molecule has 0 amide bonds. The molecule has 0 heterocycles. The number of hydrogen-bond acceptors (Lipinski definition) is 0. The zero-order chi connectivity index (χ0) is 7.86. The molecular weight excluding hydrogens is 286 g/mol. The van der Waals surface area contributed by atoms with Gasteiger partial charge in [-0.2, -0.15) is 6.92 Å². The van der Waals surface area contributed by atoms with Crippen LogP contribution in [0.4, 0.5) is 0 Å². The van der Waals surface area contributed by atoms with Crippen LogP contribution in [-0.2, 0) is 65.4 Å². The van der Waals surface area contributed by atoms with Crippen molar-refractivity contribution < 1.29 is 65.4 Å². The molecule has 0 aromatic rings. The Hall–Kier alpha value is 1.69. The second kappa shape index (κ2) is 17.7. The van der Waals surface area contributed by atoms with Crippen molar-refractivity contribution in [2.45, 2.75) is 34.6 Å². The summed E-state index contributed by atoms with van der Waals surface area (Å²) in [6, 6.07) is 0. The maximum absolute atomic E-state index is 5.03. The Balaban J connectivity index is -0.0000000383. The summed E-state index contributed by atoms with van der Waals surface area (Å²) in [5.74, 6) is 0. The van der Waals surface area contributed by atoms with E-state index < -0.39 is 0 Å². The van der Waals surface area contributed by atoms with Gasteiger partial charge in [0.1, 0.15) is 0 Å². The molecule has 0 rings (SSSR count). The Morgan fingerprint density at radius 2 is 1.09 bits per heavy atom. The first-order chi connectivity index (χ1) is 4.00. The van der Waals surface area contributed by atoms with Gasteiger partial charge in [0.2, 0.25) is 0 Å². The molecule has 0 N–H and O–H groups in total. The molecule has 60 valence electrons. The molecule has 0 aliphatic rings. The standard InChI is InChI=1S/C5H9.C4H7.2Y/c1-4-5(2)3;1-4(2)3;;/h1-3H3;1H,2-3H3;;/q2*-1;;. The van der Waals surface area contributed by atoms with Crippen LogP contribution in [0.5, 0.6) is 0 Å². The van der Waals surface area contributed by atoms with Crippen molar-refractivity contribution in [1.82, 2.24) is 0 Å². The smallest absolute Gasteiger partial charge is 0 e. The Bertz CT molecular complexity index is 96.1. The minimum absolute atomic E-state index is 0. The zero-order valence-corrected chi connectivity index (χ0v) is 13.9. The molecule has 0 fully saturated rings. The Labute approximate surface area is 122 Å². The van der Waals surface area contributed by atoms with Crippen LogP contribution in [0.1, 0.15) is 34.6 Å². The molecule has 0 bridgehead atoms. The van der Waals surface area contributed by atoms with Crippen molar-refractivity contribution in [2.24, 2.45) is 0 Å². The van der Waals surface area contributed by atoms with E-state index in [-0.39, 0.29) is 65.4 Å². The van der Waals surface area contributed by atoms with Crippen molar-refractivity contribution in [3.05, 3.63) is 23.8 Å². The Morgan fingerprint density at radius 3 is 1.09 bits per heavy atom. The van der Waals surface area contributed by atoms with Gasteiger partial charge in [0.05, 0.1) is 0 Å². The normalized spacial score (nSPS) is 5.55. The van der Waals surface area contributed by atoms with Gasteiger partial charge < -0.3 is 12.7 Å². The van der Waals surface area contributed by atoms with Crippen molar-refractivity contribution >= 4 is 0 Å². The quantitative estimate of drug-likeness (QED) is 0.603. The van der Waals surface area contributed by atoms with Crippen LogP contribution in [-0.4, -0.2) is 0 Å². The van der Waals surface area contributed by atoms with Crippen molar-refractivity contribution in [2.75, 3.05) is 0 Å². The fourth-order valence-corrected chi connectivity index (χ4v) is 0. The SMILES string of the molecule is C[C-]=C(C)C.[CH-]=C(C)C.[Y].[Y]. The van der Waals surface area contributed by atoms with Crippen LogP contribution in [0.2, 0.25) is 0 Å². The second-order valence-electron chi connectivity index (χ2n) is 2.33. The minimum atomic E-state index is 0. The summed E-state index contributed by atoms with van der Waals surface area (Å²) in [5.41, 5.74) is 2.17. The van der Waals surface area contributed by atoms with Gasteiger partial charge in [0.25, 0.3) is 0 Å². The molecule has 0 aromatic heterocycles. The van der Waals surface area contributed by atoms with E-state index in [1.807, 2.05) is 34.6 Å². The maximum Gasteiger partial charge on any atom is 0 e. The van der Waals surface area contributed by atoms with Crippen LogP contribution >= 0.6 is 0 Å². The first kappa shape index (κ1) is 23.0. The van der Waals surface area contributed by atoms with Crippen molar-refractivity contribution in [3.63, 3.8) is 0 Å². The van der Waals surface area contributed by atoms with Gasteiger partial charge in [-0.25, -0.2) is 0 Å². The summed E-state index contributed by atoms with van der Waals surface area (Å²) in [7, 11) is 0. The molecule has 11 heavy (non-hydrogen) atoms. The summed E-state index contributed by atoms with van der Waals surface area (Å²) < 4.78 is 0. The minimum Gasteiger partial charge on any atom is -0.515 e. The van der Waals surface area contributed by atoms with E-state index in [0.717, 1.165) is 5.57 Å². The summed E-state index contributed by atoms with van der Waals surface area (Å²) in [6.45, 7) is 14.7. The van der Waals surface area contributed by atoms with E-state index in [9.17, 15) is 0 Å². The van der Waals surface area contributed by atoms with Crippen LogP contribution in [0.3, 0.4) is 0 Å². The fraction of sp³-hybridized carbons (Fsp3) is 0.556. The summed E-state index contributed by atoms with van der Waals surface area (Å²) >= 11 is 0. The van der Waals surface area contributed by atoms with Crippen LogP contribution in [0.25, 0.3) is 0 Å². The van der Waals surface area contributed by atoms with Crippen molar-refractivity contribution in [1.29, 1.82) is 0 Å². The van der Waals surface area contributed by atoms with Gasteiger partial charge >= 0.3 is 0 Å². The van der Waals surface area contributed by atoms with Gasteiger partial charge in [-0.15, -0.1) is 0 Å². The average molecular weight is 302 g/mol. The van der Waals surface area contributed by atoms with Crippen LogP contribution in [0.15, 0.2) is 11.1 Å². The third kappa shape index (κ3) is 80.7. The Morgan fingerprint density at radius 1 is 1.00 bits per heavy atom. The molecule has 2 heteroatoms. The molecule has 0 atom stereocenters. The molecular formula is C9H16Y2-2. The molecule has 0 aliphatic carbocycles. The van der Waals surface area contributed by atoms with E-state index in [0.29, 0.717) is 0 Å².